The molecule has 1 saturated heterocycles. The number of hydrogen-bond donors (Lipinski definition) is 0. The summed E-state index contributed by atoms with van der Waals surface area (Å²) in [5.41, 5.74) is 2.12. The molecular formula is C21H21N3O2. The number of anilines is 1. The molecule has 0 saturated carbocycles. The summed E-state index contributed by atoms with van der Waals surface area (Å²) >= 11 is 0. The summed E-state index contributed by atoms with van der Waals surface area (Å²) in [4.78, 5) is 16.7. The minimum atomic E-state index is -0.212. The molecule has 0 radical (unpaired) electrons. The topological polar surface area (TPSA) is 56.6 Å². The molecule has 2 aromatic rings. The van der Waals surface area contributed by atoms with E-state index in [0.717, 1.165) is 30.1 Å². The monoisotopic (exact) mass is 347 g/mol. The van der Waals surface area contributed by atoms with Crippen LogP contribution in [-0.4, -0.2) is 44.1 Å². The SMILES string of the molecule is COc1ccc(C=C(C#N)C(=O)N2CCN(c3ccccc3)CC2)cc1. The van der Waals surface area contributed by atoms with E-state index in [-0.39, 0.29) is 11.5 Å². The van der Waals surface area contributed by atoms with Gasteiger partial charge in [0.2, 0.25) is 0 Å². The number of rotatable bonds is 4. The predicted octanol–water partition coefficient (Wildman–Crippen LogP) is 2.95. The number of methoxy groups -OCH3 is 1. The van der Waals surface area contributed by atoms with Crippen molar-refractivity contribution < 1.29 is 9.53 Å². The average Bonchev–Trinajstić information content (AvgIpc) is 2.72. The Balaban J connectivity index is 1.66. The van der Waals surface area contributed by atoms with Gasteiger partial charge in [-0.1, -0.05) is 30.3 Å². The van der Waals surface area contributed by atoms with Gasteiger partial charge in [-0.2, -0.15) is 5.26 Å². The van der Waals surface area contributed by atoms with Crippen LogP contribution < -0.4 is 9.64 Å². The van der Waals surface area contributed by atoms with E-state index in [1.807, 2.05) is 48.5 Å². The molecule has 1 heterocycles. The fraction of sp³-hybridized carbons (Fsp3) is 0.238. The predicted molar refractivity (Wildman–Crippen MR) is 102 cm³/mol. The van der Waals surface area contributed by atoms with Gasteiger partial charge in [0.25, 0.3) is 5.91 Å². The summed E-state index contributed by atoms with van der Waals surface area (Å²) in [7, 11) is 1.60. The van der Waals surface area contributed by atoms with Crippen LogP contribution in [0.2, 0.25) is 0 Å². The molecule has 1 amide bonds. The molecule has 0 aliphatic carbocycles. The van der Waals surface area contributed by atoms with Crippen molar-refractivity contribution in [3.63, 3.8) is 0 Å². The lowest BCUT2D eigenvalue weighted by Gasteiger charge is -2.36. The first-order chi connectivity index (χ1) is 12.7. The van der Waals surface area contributed by atoms with Crippen molar-refractivity contribution in [2.24, 2.45) is 0 Å². The van der Waals surface area contributed by atoms with Crippen molar-refractivity contribution in [3.05, 3.63) is 65.7 Å². The van der Waals surface area contributed by atoms with E-state index < -0.39 is 0 Å². The standard InChI is InChI=1S/C21H21N3O2/c1-26-20-9-7-17(8-10-20)15-18(16-22)21(25)24-13-11-23(12-14-24)19-5-3-2-4-6-19/h2-10,15H,11-14H2,1H3. The first-order valence-corrected chi connectivity index (χ1v) is 8.56. The molecule has 5 nitrogen and oxygen atoms in total. The van der Waals surface area contributed by atoms with Gasteiger partial charge in [-0.25, -0.2) is 0 Å². The molecule has 3 rings (SSSR count). The first-order valence-electron chi connectivity index (χ1n) is 8.56. The molecule has 0 bridgehead atoms. The lowest BCUT2D eigenvalue weighted by Crippen LogP contribution is -2.49. The van der Waals surface area contributed by atoms with Crippen LogP contribution in [0.1, 0.15) is 5.56 Å². The number of piperazine rings is 1. The van der Waals surface area contributed by atoms with E-state index in [9.17, 15) is 10.1 Å². The fourth-order valence-electron chi connectivity index (χ4n) is 2.99. The number of nitriles is 1. The zero-order valence-corrected chi connectivity index (χ0v) is 14.8. The van der Waals surface area contributed by atoms with Crippen molar-refractivity contribution in [1.82, 2.24) is 4.90 Å². The Morgan fingerprint density at radius 1 is 1.04 bits per heavy atom. The maximum absolute atomic E-state index is 12.7. The van der Waals surface area contributed by atoms with Crippen molar-refractivity contribution in [2.75, 3.05) is 38.2 Å². The van der Waals surface area contributed by atoms with Gasteiger partial charge < -0.3 is 14.5 Å². The minimum absolute atomic E-state index is 0.156. The Kier molecular flexibility index (Phi) is 5.55. The van der Waals surface area contributed by atoms with Crippen molar-refractivity contribution in [3.8, 4) is 11.8 Å². The first kappa shape index (κ1) is 17.6. The molecule has 0 atom stereocenters. The molecule has 0 aromatic heterocycles. The number of benzene rings is 2. The fourth-order valence-corrected chi connectivity index (χ4v) is 2.99. The van der Waals surface area contributed by atoms with Crippen LogP contribution in [0.5, 0.6) is 5.75 Å². The Morgan fingerprint density at radius 3 is 2.27 bits per heavy atom. The molecule has 0 N–H and O–H groups in total. The van der Waals surface area contributed by atoms with Crippen LogP contribution in [0.4, 0.5) is 5.69 Å². The average molecular weight is 347 g/mol. The maximum Gasteiger partial charge on any atom is 0.264 e. The van der Waals surface area contributed by atoms with Gasteiger partial charge in [0.15, 0.2) is 0 Å². The largest absolute Gasteiger partial charge is 0.497 e. The third kappa shape index (κ3) is 4.04. The van der Waals surface area contributed by atoms with E-state index in [2.05, 4.69) is 17.0 Å². The third-order valence-electron chi connectivity index (χ3n) is 4.47. The molecule has 26 heavy (non-hydrogen) atoms. The lowest BCUT2D eigenvalue weighted by molar-refractivity contribution is -0.126. The molecule has 0 unspecified atom stereocenters. The number of amides is 1. The normalized spacial score (nSPS) is 14.7. The van der Waals surface area contributed by atoms with E-state index in [4.69, 9.17) is 4.74 Å². The molecule has 2 aromatic carbocycles. The second-order valence-corrected chi connectivity index (χ2v) is 6.06. The molecule has 132 valence electrons. The highest BCUT2D eigenvalue weighted by atomic mass is 16.5. The second kappa shape index (κ2) is 8.21. The smallest absolute Gasteiger partial charge is 0.264 e. The quantitative estimate of drug-likeness (QED) is 0.630. The number of ether oxygens (including phenoxy) is 1. The summed E-state index contributed by atoms with van der Waals surface area (Å²) in [6.45, 7) is 2.73. The van der Waals surface area contributed by atoms with Gasteiger partial charge in [-0.3, -0.25) is 4.79 Å². The summed E-state index contributed by atoms with van der Waals surface area (Å²) in [5.74, 6) is 0.528. The maximum atomic E-state index is 12.7. The minimum Gasteiger partial charge on any atom is -0.497 e. The van der Waals surface area contributed by atoms with Crippen LogP contribution in [-0.2, 0) is 4.79 Å². The van der Waals surface area contributed by atoms with Gasteiger partial charge in [-0.15, -0.1) is 0 Å². The van der Waals surface area contributed by atoms with Crippen LogP contribution >= 0.6 is 0 Å². The van der Waals surface area contributed by atoms with Crippen LogP contribution in [0.25, 0.3) is 6.08 Å². The van der Waals surface area contributed by atoms with E-state index in [1.165, 1.54) is 0 Å². The Bertz CT molecular complexity index is 815. The van der Waals surface area contributed by atoms with Gasteiger partial charge in [0.05, 0.1) is 7.11 Å². The summed E-state index contributed by atoms with van der Waals surface area (Å²) in [6, 6.07) is 19.5. The third-order valence-corrected chi connectivity index (χ3v) is 4.47. The molecule has 0 spiro atoms. The molecule has 1 fully saturated rings. The Hall–Kier alpha value is -3.26. The highest BCUT2D eigenvalue weighted by Gasteiger charge is 2.23. The highest BCUT2D eigenvalue weighted by Crippen LogP contribution is 2.18. The molecule has 1 aliphatic rings. The summed E-state index contributed by atoms with van der Waals surface area (Å²) < 4.78 is 5.12. The number of carbonyl (C=O) groups excluding carboxylic acids is 1. The highest BCUT2D eigenvalue weighted by molar-refractivity contribution is 6.01. The van der Waals surface area contributed by atoms with Gasteiger partial charge in [-0.05, 0) is 35.9 Å². The summed E-state index contributed by atoms with van der Waals surface area (Å²) in [6.07, 6.45) is 1.63. The lowest BCUT2D eigenvalue weighted by atomic mass is 10.1. The molecular weight excluding hydrogens is 326 g/mol. The summed E-state index contributed by atoms with van der Waals surface area (Å²) in [5, 5.41) is 9.42. The zero-order valence-electron chi connectivity index (χ0n) is 14.8. The van der Waals surface area contributed by atoms with Crippen molar-refractivity contribution in [2.45, 2.75) is 0 Å². The number of hydrogen-bond acceptors (Lipinski definition) is 4. The van der Waals surface area contributed by atoms with Gasteiger partial charge in [0, 0.05) is 31.9 Å². The Morgan fingerprint density at radius 2 is 1.69 bits per heavy atom. The Labute approximate surface area is 153 Å². The number of nitrogens with zero attached hydrogens (tertiary/aromatic N) is 3. The van der Waals surface area contributed by atoms with Crippen LogP contribution in [0.3, 0.4) is 0 Å². The van der Waals surface area contributed by atoms with E-state index in [0.29, 0.717) is 13.1 Å². The number of carbonyl (C=O) groups is 1. The van der Waals surface area contributed by atoms with Gasteiger partial charge >= 0.3 is 0 Å². The van der Waals surface area contributed by atoms with Crippen molar-refractivity contribution >= 4 is 17.7 Å². The van der Waals surface area contributed by atoms with Crippen LogP contribution in [0, 0.1) is 11.3 Å². The number of para-hydroxylation sites is 1. The molecule has 5 heteroatoms. The van der Waals surface area contributed by atoms with E-state index in [1.54, 1.807) is 18.1 Å². The van der Waals surface area contributed by atoms with Gasteiger partial charge in [0.1, 0.15) is 17.4 Å². The van der Waals surface area contributed by atoms with E-state index >= 15 is 0 Å². The molecule has 1 aliphatic heterocycles. The van der Waals surface area contributed by atoms with Crippen LogP contribution in [0.15, 0.2) is 60.2 Å². The second-order valence-electron chi connectivity index (χ2n) is 6.06. The zero-order chi connectivity index (χ0) is 18.4. The van der Waals surface area contributed by atoms with Crippen molar-refractivity contribution in [1.29, 1.82) is 5.26 Å².